The lowest BCUT2D eigenvalue weighted by Gasteiger charge is -1.88. The normalized spacial score (nSPS) is 21.9. The number of hydrogen-bond donors (Lipinski definition) is 0. The molecule has 0 saturated heterocycles. The fourth-order valence-corrected chi connectivity index (χ4v) is 1.76. The molecule has 1 aliphatic carbocycles. The third-order valence-electron chi connectivity index (χ3n) is 1.28. The molecule has 0 N–H and O–H groups in total. The van der Waals surface area contributed by atoms with Crippen LogP contribution in [0.3, 0.4) is 0 Å². The van der Waals surface area contributed by atoms with Crippen LogP contribution in [0.2, 0.25) is 0 Å². The Morgan fingerprint density at radius 1 is 1.14 bits per heavy atom. The van der Waals surface area contributed by atoms with Crippen molar-refractivity contribution in [1.29, 1.82) is 0 Å². The maximum atomic E-state index is 2.53. The van der Waals surface area contributed by atoms with Crippen molar-refractivity contribution in [2.45, 2.75) is 37.0 Å². The molecule has 1 saturated carbocycles. The van der Waals surface area contributed by atoms with Crippen LogP contribution in [0.1, 0.15) is 33.1 Å². The minimum Gasteiger partial charge on any atom is -0.0826 e. The van der Waals surface area contributed by atoms with Gasteiger partial charge in [-0.15, -0.1) is 0 Å². The van der Waals surface area contributed by atoms with E-state index in [9.17, 15) is 0 Å². The van der Waals surface area contributed by atoms with Crippen molar-refractivity contribution in [3.8, 4) is 0 Å². The summed E-state index contributed by atoms with van der Waals surface area (Å²) >= 11 is 2.53. The van der Waals surface area contributed by atoms with Crippen LogP contribution in [-0.4, -0.2) is 3.92 Å². The van der Waals surface area contributed by atoms with Crippen LogP contribution in [0, 0.1) is 0 Å². The zero-order chi connectivity index (χ0) is 4.41. The molecule has 0 radical (unpaired) electrons. The van der Waals surface area contributed by atoms with Crippen LogP contribution < -0.4 is 0 Å². The van der Waals surface area contributed by atoms with Gasteiger partial charge >= 0.3 is 0 Å². The smallest absolute Gasteiger partial charge is 0.0110 e. The standard InChI is InChI=1S/C5H9I.CH4/c6-5-3-1-2-4-5;/h5H,1-4H2;1H4. The predicted octanol–water partition coefficient (Wildman–Crippen LogP) is 3.00. The average molecular weight is 212 g/mol. The van der Waals surface area contributed by atoms with Crippen molar-refractivity contribution >= 4 is 22.6 Å². The minimum absolute atomic E-state index is 0. The molecule has 0 nitrogen and oxygen atoms in total. The molecule has 1 fully saturated rings. The van der Waals surface area contributed by atoms with Crippen LogP contribution in [0.15, 0.2) is 0 Å². The molecule has 0 aliphatic heterocycles. The van der Waals surface area contributed by atoms with Crippen LogP contribution in [0.4, 0.5) is 0 Å². The van der Waals surface area contributed by atoms with Gasteiger partial charge in [-0.1, -0.05) is 42.9 Å². The first-order valence-corrected chi connectivity index (χ1v) is 3.78. The van der Waals surface area contributed by atoms with Gasteiger partial charge in [0.2, 0.25) is 0 Å². The summed E-state index contributed by atoms with van der Waals surface area (Å²) in [5.74, 6) is 0. The Balaban J connectivity index is 0.000000360. The van der Waals surface area contributed by atoms with E-state index in [0.29, 0.717) is 0 Å². The second kappa shape index (κ2) is 3.70. The first-order chi connectivity index (χ1) is 2.89. The van der Waals surface area contributed by atoms with Gasteiger partial charge in [0.25, 0.3) is 0 Å². The van der Waals surface area contributed by atoms with Crippen molar-refractivity contribution in [1.82, 2.24) is 0 Å². The molecule has 0 bridgehead atoms. The molecular formula is C6H13I. The molecule has 0 amide bonds. The van der Waals surface area contributed by atoms with E-state index in [1.165, 1.54) is 25.7 Å². The summed E-state index contributed by atoms with van der Waals surface area (Å²) in [4.78, 5) is 0. The van der Waals surface area contributed by atoms with Gasteiger partial charge in [0.1, 0.15) is 0 Å². The fraction of sp³-hybridized carbons (Fsp3) is 1.00. The zero-order valence-electron chi connectivity index (χ0n) is 3.78. The molecule has 0 aromatic carbocycles. The molecule has 0 aromatic heterocycles. The van der Waals surface area contributed by atoms with Crippen molar-refractivity contribution < 1.29 is 0 Å². The Morgan fingerprint density at radius 2 is 1.57 bits per heavy atom. The molecule has 0 unspecified atom stereocenters. The molecule has 0 atom stereocenters. The lowest BCUT2D eigenvalue weighted by atomic mass is 10.4. The highest BCUT2D eigenvalue weighted by Gasteiger charge is 2.09. The third-order valence-corrected chi connectivity index (χ3v) is 2.53. The second-order valence-corrected chi connectivity index (χ2v) is 3.64. The van der Waals surface area contributed by atoms with Gasteiger partial charge in [-0.25, -0.2) is 0 Å². The van der Waals surface area contributed by atoms with Crippen LogP contribution in [-0.2, 0) is 0 Å². The van der Waals surface area contributed by atoms with E-state index in [2.05, 4.69) is 22.6 Å². The predicted molar refractivity (Wildman–Crippen MR) is 43.0 cm³/mol. The van der Waals surface area contributed by atoms with Crippen molar-refractivity contribution in [2.24, 2.45) is 0 Å². The van der Waals surface area contributed by atoms with E-state index in [1.807, 2.05) is 0 Å². The summed E-state index contributed by atoms with van der Waals surface area (Å²) < 4.78 is 1.02. The summed E-state index contributed by atoms with van der Waals surface area (Å²) in [6.45, 7) is 0. The van der Waals surface area contributed by atoms with Crippen LogP contribution in [0.5, 0.6) is 0 Å². The Hall–Kier alpha value is 0.730. The zero-order valence-corrected chi connectivity index (χ0v) is 5.94. The summed E-state index contributed by atoms with van der Waals surface area (Å²) in [5.41, 5.74) is 0. The average Bonchev–Trinajstić information content (AvgIpc) is 1.86. The molecule has 1 heteroatoms. The highest BCUT2D eigenvalue weighted by Crippen LogP contribution is 2.24. The fourth-order valence-electron chi connectivity index (χ4n) is 0.876. The molecule has 1 rings (SSSR count). The third kappa shape index (κ3) is 2.52. The number of alkyl halides is 1. The molecule has 0 aromatic rings. The van der Waals surface area contributed by atoms with Gasteiger partial charge in [0.05, 0.1) is 0 Å². The summed E-state index contributed by atoms with van der Waals surface area (Å²) in [6, 6.07) is 0. The topological polar surface area (TPSA) is 0 Å². The Kier molecular flexibility index (Phi) is 4.08. The van der Waals surface area contributed by atoms with Crippen LogP contribution in [0.25, 0.3) is 0 Å². The molecule has 0 heterocycles. The van der Waals surface area contributed by atoms with E-state index in [0.717, 1.165) is 3.92 Å². The van der Waals surface area contributed by atoms with E-state index in [-0.39, 0.29) is 7.43 Å². The van der Waals surface area contributed by atoms with E-state index in [4.69, 9.17) is 0 Å². The van der Waals surface area contributed by atoms with Crippen molar-refractivity contribution in [3.05, 3.63) is 0 Å². The molecule has 44 valence electrons. The quantitative estimate of drug-likeness (QED) is 0.427. The number of halogens is 1. The number of rotatable bonds is 0. The molecular weight excluding hydrogens is 199 g/mol. The number of hydrogen-bond acceptors (Lipinski definition) is 0. The first kappa shape index (κ1) is 7.73. The Labute approximate surface area is 59.8 Å². The monoisotopic (exact) mass is 212 g/mol. The van der Waals surface area contributed by atoms with Crippen molar-refractivity contribution in [2.75, 3.05) is 0 Å². The van der Waals surface area contributed by atoms with Gasteiger partial charge in [0, 0.05) is 3.92 Å². The molecule has 7 heavy (non-hydrogen) atoms. The summed E-state index contributed by atoms with van der Waals surface area (Å²) in [6.07, 6.45) is 5.91. The van der Waals surface area contributed by atoms with Gasteiger partial charge in [0.15, 0.2) is 0 Å². The Morgan fingerprint density at radius 3 is 1.71 bits per heavy atom. The van der Waals surface area contributed by atoms with Gasteiger partial charge < -0.3 is 0 Å². The van der Waals surface area contributed by atoms with Crippen molar-refractivity contribution in [3.63, 3.8) is 0 Å². The summed E-state index contributed by atoms with van der Waals surface area (Å²) in [7, 11) is 0. The first-order valence-electron chi connectivity index (χ1n) is 2.53. The molecule has 1 aliphatic rings. The van der Waals surface area contributed by atoms with Gasteiger partial charge in [-0.3, -0.25) is 0 Å². The highest BCUT2D eigenvalue weighted by molar-refractivity contribution is 14.1. The SMILES string of the molecule is C.IC1CCCC1. The highest BCUT2D eigenvalue weighted by atomic mass is 127. The largest absolute Gasteiger partial charge is 0.0826 e. The van der Waals surface area contributed by atoms with E-state index >= 15 is 0 Å². The maximum absolute atomic E-state index is 2.53. The Bertz CT molecular complexity index is 37.4. The summed E-state index contributed by atoms with van der Waals surface area (Å²) in [5, 5.41) is 0. The van der Waals surface area contributed by atoms with E-state index in [1.54, 1.807) is 0 Å². The van der Waals surface area contributed by atoms with Gasteiger partial charge in [-0.2, -0.15) is 0 Å². The second-order valence-electron chi connectivity index (χ2n) is 1.88. The van der Waals surface area contributed by atoms with Crippen LogP contribution >= 0.6 is 22.6 Å². The minimum atomic E-state index is 0. The maximum Gasteiger partial charge on any atom is 0.0110 e. The van der Waals surface area contributed by atoms with E-state index < -0.39 is 0 Å². The van der Waals surface area contributed by atoms with Gasteiger partial charge in [-0.05, 0) is 12.8 Å². The molecule has 0 spiro atoms. The lowest BCUT2D eigenvalue weighted by Crippen LogP contribution is -1.81. The lowest BCUT2D eigenvalue weighted by molar-refractivity contribution is 0.886.